The molecule has 0 saturated carbocycles. The number of benzene rings is 1. The molecular formula is C21H23FN4O3. The van der Waals surface area contributed by atoms with Crippen molar-refractivity contribution in [1.82, 2.24) is 9.88 Å². The van der Waals surface area contributed by atoms with Gasteiger partial charge in [-0.1, -0.05) is 19.1 Å². The van der Waals surface area contributed by atoms with Crippen molar-refractivity contribution in [3.63, 3.8) is 0 Å². The first-order valence-electron chi connectivity index (χ1n) is 9.40. The summed E-state index contributed by atoms with van der Waals surface area (Å²) in [4.78, 5) is 42.6. The SMILES string of the molecule is Cc1cc([C@@H]2CC[C@@H](C)CN2C(=O)C(=O)Nc2ncccc2C(N)=O)ccc1F. The highest BCUT2D eigenvalue weighted by Crippen LogP contribution is 2.34. The summed E-state index contributed by atoms with van der Waals surface area (Å²) < 4.78 is 13.7. The van der Waals surface area contributed by atoms with Crippen LogP contribution in [0.25, 0.3) is 0 Å². The minimum Gasteiger partial charge on any atom is -0.365 e. The Kier molecular flexibility index (Phi) is 5.91. The number of amides is 3. The van der Waals surface area contributed by atoms with Gasteiger partial charge in [0.15, 0.2) is 0 Å². The van der Waals surface area contributed by atoms with Gasteiger partial charge in [0.2, 0.25) is 0 Å². The zero-order valence-electron chi connectivity index (χ0n) is 16.3. The van der Waals surface area contributed by atoms with Crippen LogP contribution in [0.15, 0.2) is 36.5 Å². The van der Waals surface area contributed by atoms with Crippen molar-refractivity contribution in [3.8, 4) is 0 Å². The summed E-state index contributed by atoms with van der Waals surface area (Å²) in [6, 6.07) is 7.32. The van der Waals surface area contributed by atoms with E-state index in [-0.39, 0.29) is 29.2 Å². The van der Waals surface area contributed by atoms with Gasteiger partial charge in [-0.15, -0.1) is 0 Å². The smallest absolute Gasteiger partial charge is 0.315 e. The summed E-state index contributed by atoms with van der Waals surface area (Å²) in [6.07, 6.45) is 2.94. The number of halogens is 1. The van der Waals surface area contributed by atoms with E-state index in [2.05, 4.69) is 10.3 Å². The van der Waals surface area contributed by atoms with Gasteiger partial charge in [-0.2, -0.15) is 0 Å². The van der Waals surface area contributed by atoms with E-state index in [0.29, 0.717) is 18.5 Å². The number of anilines is 1. The van der Waals surface area contributed by atoms with E-state index in [9.17, 15) is 18.8 Å². The molecule has 1 aliphatic rings. The fourth-order valence-corrected chi connectivity index (χ4v) is 3.59. The highest BCUT2D eigenvalue weighted by Gasteiger charge is 2.34. The van der Waals surface area contributed by atoms with Crippen molar-refractivity contribution >= 4 is 23.5 Å². The molecule has 1 aliphatic heterocycles. The molecule has 3 rings (SSSR count). The fraction of sp³-hybridized carbons (Fsp3) is 0.333. The van der Waals surface area contributed by atoms with Crippen molar-refractivity contribution in [2.75, 3.05) is 11.9 Å². The van der Waals surface area contributed by atoms with Gasteiger partial charge in [-0.3, -0.25) is 14.4 Å². The zero-order chi connectivity index (χ0) is 21.1. The van der Waals surface area contributed by atoms with Crippen LogP contribution in [-0.4, -0.2) is 34.2 Å². The molecule has 152 valence electrons. The number of nitrogens with one attached hydrogen (secondary N) is 1. The fourth-order valence-electron chi connectivity index (χ4n) is 3.59. The number of aryl methyl sites for hydroxylation is 1. The number of carbonyl (C=O) groups is 3. The maximum absolute atomic E-state index is 13.7. The third-order valence-electron chi connectivity index (χ3n) is 5.14. The first kappa shape index (κ1) is 20.4. The largest absolute Gasteiger partial charge is 0.365 e. The molecule has 0 spiro atoms. The molecular weight excluding hydrogens is 375 g/mol. The zero-order valence-corrected chi connectivity index (χ0v) is 16.3. The van der Waals surface area contributed by atoms with Crippen LogP contribution in [0.3, 0.4) is 0 Å². The highest BCUT2D eigenvalue weighted by molar-refractivity contribution is 6.39. The number of nitrogens with two attached hydrogens (primary N) is 1. The van der Waals surface area contributed by atoms with Gasteiger partial charge in [-0.05, 0) is 55.0 Å². The monoisotopic (exact) mass is 398 g/mol. The van der Waals surface area contributed by atoms with Gasteiger partial charge < -0.3 is 16.0 Å². The molecule has 29 heavy (non-hydrogen) atoms. The molecule has 0 bridgehead atoms. The molecule has 1 aromatic heterocycles. The molecule has 2 heterocycles. The number of aromatic nitrogens is 1. The molecule has 1 saturated heterocycles. The Labute approximate surface area is 168 Å². The van der Waals surface area contributed by atoms with Crippen molar-refractivity contribution in [2.24, 2.45) is 11.7 Å². The molecule has 3 N–H and O–H groups in total. The number of primary amides is 1. The number of rotatable bonds is 3. The van der Waals surface area contributed by atoms with Gasteiger partial charge in [-0.25, -0.2) is 9.37 Å². The first-order valence-corrected chi connectivity index (χ1v) is 9.40. The second-order valence-corrected chi connectivity index (χ2v) is 7.38. The molecule has 0 aliphatic carbocycles. The summed E-state index contributed by atoms with van der Waals surface area (Å²) in [6.45, 7) is 4.07. The van der Waals surface area contributed by atoms with Crippen LogP contribution >= 0.6 is 0 Å². The van der Waals surface area contributed by atoms with Crippen molar-refractivity contribution in [1.29, 1.82) is 0 Å². The summed E-state index contributed by atoms with van der Waals surface area (Å²) >= 11 is 0. The van der Waals surface area contributed by atoms with Crippen LogP contribution in [0.2, 0.25) is 0 Å². The molecule has 1 aromatic carbocycles. The van der Waals surface area contributed by atoms with E-state index in [1.807, 2.05) is 6.92 Å². The van der Waals surface area contributed by atoms with Crippen LogP contribution in [0.1, 0.15) is 47.3 Å². The molecule has 2 atom stereocenters. The lowest BCUT2D eigenvalue weighted by atomic mass is 9.89. The van der Waals surface area contributed by atoms with Gasteiger partial charge in [0.05, 0.1) is 11.6 Å². The number of hydrogen-bond donors (Lipinski definition) is 2. The van der Waals surface area contributed by atoms with Gasteiger partial charge >= 0.3 is 11.8 Å². The van der Waals surface area contributed by atoms with E-state index in [0.717, 1.165) is 12.0 Å². The lowest BCUT2D eigenvalue weighted by molar-refractivity contribution is -0.146. The Hall–Kier alpha value is -3.29. The molecule has 3 amide bonds. The maximum Gasteiger partial charge on any atom is 0.315 e. The Morgan fingerprint density at radius 2 is 2.00 bits per heavy atom. The van der Waals surface area contributed by atoms with Crippen LogP contribution in [0.4, 0.5) is 10.2 Å². The second-order valence-electron chi connectivity index (χ2n) is 7.38. The minimum absolute atomic E-state index is 0.0198. The normalized spacial score (nSPS) is 18.9. The van der Waals surface area contributed by atoms with Gasteiger partial charge in [0.25, 0.3) is 5.91 Å². The summed E-state index contributed by atoms with van der Waals surface area (Å²) in [5, 5.41) is 2.39. The summed E-state index contributed by atoms with van der Waals surface area (Å²) in [5.41, 5.74) is 6.58. The van der Waals surface area contributed by atoms with Crippen molar-refractivity contribution < 1.29 is 18.8 Å². The summed E-state index contributed by atoms with van der Waals surface area (Å²) in [5.74, 6) is -2.54. The minimum atomic E-state index is -0.899. The Bertz CT molecular complexity index is 963. The van der Waals surface area contributed by atoms with E-state index >= 15 is 0 Å². The Balaban J connectivity index is 1.85. The van der Waals surface area contributed by atoms with Crippen LogP contribution in [-0.2, 0) is 9.59 Å². The van der Waals surface area contributed by atoms with Crippen LogP contribution in [0, 0.1) is 18.7 Å². The number of carbonyl (C=O) groups excluding carboxylic acids is 3. The van der Waals surface area contributed by atoms with Gasteiger partial charge in [0.1, 0.15) is 11.6 Å². The third-order valence-corrected chi connectivity index (χ3v) is 5.14. The van der Waals surface area contributed by atoms with Crippen LogP contribution < -0.4 is 11.1 Å². The van der Waals surface area contributed by atoms with Crippen LogP contribution in [0.5, 0.6) is 0 Å². The molecule has 0 unspecified atom stereocenters. The number of piperidine rings is 1. The predicted molar refractivity (Wildman–Crippen MR) is 105 cm³/mol. The molecule has 0 radical (unpaired) electrons. The summed E-state index contributed by atoms with van der Waals surface area (Å²) in [7, 11) is 0. The molecule has 7 nitrogen and oxygen atoms in total. The van der Waals surface area contributed by atoms with E-state index in [4.69, 9.17) is 5.73 Å². The lowest BCUT2D eigenvalue weighted by Crippen LogP contribution is -2.46. The maximum atomic E-state index is 13.7. The third kappa shape index (κ3) is 4.42. The average Bonchev–Trinajstić information content (AvgIpc) is 2.69. The number of pyridine rings is 1. The quantitative estimate of drug-likeness (QED) is 0.775. The number of nitrogens with zero attached hydrogens (tertiary/aromatic N) is 2. The topological polar surface area (TPSA) is 105 Å². The Morgan fingerprint density at radius 3 is 2.69 bits per heavy atom. The van der Waals surface area contributed by atoms with E-state index < -0.39 is 17.7 Å². The Morgan fingerprint density at radius 1 is 1.24 bits per heavy atom. The standard InChI is InChI=1S/C21H23FN4O3/c1-12-5-8-17(14-6-7-16(22)13(2)10-14)26(11-12)21(29)20(28)25-19-15(18(23)27)4-3-9-24-19/h3-4,6-7,9-10,12,17H,5,8,11H2,1-2H3,(H2,23,27)(H,24,25,28)/t12-,17+/m1/s1. The average molecular weight is 398 g/mol. The highest BCUT2D eigenvalue weighted by atomic mass is 19.1. The van der Waals surface area contributed by atoms with Crippen molar-refractivity contribution in [3.05, 3.63) is 59.0 Å². The van der Waals surface area contributed by atoms with E-state index in [1.54, 1.807) is 19.1 Å². The lowest BCUT2D eigenvalue weighted by Gasteiger charge is -2.38. The first-order chi connectivity index (χ1) is 13.8. The van der Waals surface area contributed by atoms with Crippen molar-refractivity contribution in [2.45, 2.75) is 32.7 Å². The second kappa shape index (κ2) is 8.38. The number of hydrogen-bond acceptors (Lipinski definition) is 4. The molecule has 2 aromatic rings. The van der Waals surface area contributed by atoms with E-state index in [1.165, 1.54) is 29.3 Å². The predicted octanol–water partition coefficient (Wildman–Crippen LogP) is 2.57. The number of likely N-dealkylation sites (tertiary alicyclic amines) is 1. The van der Waals surface area contributed by atoms with Gasteiger partial charge in [0, 0.05) is 12.7 Å². The molecule has 1 fully saturated rings. The molecule has 8 heteroatoms.